The molecule has 1 N–H and O–H groups in total. The first-order chi connectivity index (χ1) is 26.4. The van der Waals surface area contributed by atoms with Crippen molar-refractivity contribution >= 4 is 43.7 Å². The van der Waals surface area contributed by atoms with E-state index in [-0.39, 0.29) is 11.2 Å². The lowest BCUT2D eigenvalue weighted by atomic mass is 9.76. The molecule has 54 heavy (non-hydrogen) atoms. The first kappa shape index (κ1) is 31.7. The molecule has 0 amide bonds. The second-order valence-electron chi connectivity index (χ2n) is 14.4. The van der Waals surface area contributed by atoms with Gasteiger partial charge in [0.15, 0.2) is 5.58 Å². The number of aromatic nitrogens is 3. The molecule has 0 spiro atoms. The maximum Gasteiger partial charge on any atom is 0.153 e. The number of aromatic hydroxyl groups is 1. The van der Waals surface area contributed by atoms with Crippen LogP contribution >= 0.6 is 0 Å². The highest BCUT2D eigenvalue weighted by atomic mass is 16.3. The molecule has 0 aliphatic carbocycles. The van der Waals surface area contributed by atoms with Crippen molar-refractivity contribution < 1.29 is 9.52 Å². The van der Waals surface area contributed by atoms with Crippen molar-refractivity contribution in [2.45, 2.75) is 19.3 Å². The Kier molecular flexibility index (Phi) is 7.24. The van der Waals surface area contributed by atoms with Crippen LogP contribution in [0.1, 0.15) is 25.0 Å². The van der Waals surface area contributed by atoms with E-state index < -0.39 is 0 Å². The van der Waals surface area contributed by atoms with Gasteiger partial charge in [-0.1, -0.05) is 123 Å². The number of hydrogen-bond acceptors (Lipinski definition) is 4. The predicted molar refractivity (Wildman–Crippen MR) is 220 cm³/mol. The number of imidazole rings is 1. The molecule has 10 rings (SSSR count). The van der Waals surface area contributed by atoms with Crippen molar-refractivity contribution in [1.82, 2.24) is 14.5 Å². The van der Waals surface area contributed by atoms with Crippen molar-refractivity contribution in [3.63, 3.8) is 0 Å². The zero-order valence-electron chi connectivity index (χ0n) is 29.9. The minimum Gasteiger partial charge on any atom is -0.507 e. The van der Waals surface area contributed by atoms with Gasteiger partial charge in [0.2, 0.25) is 0 Å². The Hall–Kier alpha value is -6.98. The second kappa shape index (κ2) is 12.3. The predicted octanol–water partition coefficient (Wildman–Crippen LogP) is 12.5. The zero-order valence-corrected chi connectivity index (χ0v) is 29.9. The van der Waals surface area contributed by atoms with Crippen LogP contribution in [0.4, 0.5) is 0 Å². The molecular weight excluding hydrogens is 663 g/mol. The van der Waals surface area contributed by atoms with Crippen LogP contribution in [0.15, 0.2) is 174 Å². The average molecular weight is 698 g/mol. The smallest absolute Gasteiger partial charge is 0.153 e. The van der Waals surface area contributed by atoms with E-state index in [1.807, 2.05) is 42.6 Å². The van der Waals surface area contributed by atoms with E-state index in [9.17, 15) is 5.11 Å². The third-order valence-electron chi connectivity index (χ3n) is 10.9. The lowest BCUT2D eigenvalue weighted by Crippen LogP contribution is -2.19. The van der Waals surface area contributed by atoms with Gasteiger partial charge in [-0.2, -0.15) is 0 Å². The first-order valence-electron chi connectivity index (χ1n) is 18.2. The van der Waals surface area contributed by atoms with Gasteiger partial charge < -0.3 is 9.52 Å². The molecular formula is C49H35N3O2. The standard InChI is InChI=1S/C49H35N3O2/c1-49(2,34-15-5-3-6-16-34)35-27-32(26-33(28-35)42-29-41-39-25-24-31-14-9-10-19-38(31)47(39)54-45(41)30-50-42)37-21-13-22-43-46(37)51-48(40-20-11-12-23-44(40)53)52(43)36-17-7-4-8-18-36/h3-30,53H,1-2H3. The van der Waals surface area contributed by atoms with Gasteiger partial charge in [-0.05, 0) is 76.7 Å². The fourth-order valence-corrected chi connectivity index (χ4v) is 7.89. The number of fused-ring (bicyclic) bond motifs is 6. The summed E-state index contributed by atoms with van der Waals surface area (Å²) in [4.78, 5) is 10.3. The van der Waals surface area contributed by atoms with E-state index >= 15 is 0 Å². The summed E-state index contributed by atoms with van der Waals surface area (Å²) in [7, 11) is 0. The molecule has 0 fully saturated rings. The van der Waals surface area contributed by atoms with E-state index in [1.54, 1.807) is 6.07 Å². The molecule has 0 aliphatic heterocycles. The molecule has 5 nitrogen and oxygen atoms in total. The highest BCUT2D eigenvalue weighted by molar-refractivity contribution is 6.15. The minimum atomic E-state index is -0.324. The number of furan rings is 1. The fourth-order valence-electron chi connectivity index (χ4n) is 7.89. The van der Waals surface area contributed by atoms with Crippen LogP contribution in [0.5, 0.6) is 5.75 Å². The van der Waals surface area contributed by atoms with Gasteiger partial charge in [-0.15, -0.1) is 0 Å². The number of benzene rings is 7. The molecule has 258 valence electrons. The lowest BCUT2D eigenvalue weighted by Gasteiger charge is -2.27. The van der Waals surface area contributed by atoms with E-state index in [0.717, 1.165) is 77.4 Å². The highest BCUT2D eigenvalue weighted by Gasteiger charge is 2.26. The van der Waals surface area contributed by atoms with Crippen LogP contribution < -0.4 is 0 Å². The van der Waals surface area contributed by atoms with E-state index in [4.69, 9.17) is 14.4 Å². The van der Waals surface area contributed by atoms with Gasteiger partial charge in [0.25, 0.3) is 0 Å². The van der Waals surface area contributed by atoms with Crippen LogP contribution in [-0.2, 0) is 5.41 Å². The summed E-state index contributed by atoms with van der Waals surface area (Å²) in [6.45, 7) is 4.55. The summed E-state index contributed by atoms with van der Waals surface area (Å²) < 4.78 is 8.57. The van der Waals surface area contributed by atoms with Crippen molar-refractivity contribution in [1.29, 1.82) is 0 Å². The molecule has 0 saturated heterocycles. The first-order valence-corrected chi connectivity index (χ1v) is 18.2. The summed E-state index contributed by atoms with van der Waals surface area (Å²) in [6.07, 6.45) is 1.86. The van der Waals surface area contributed by atoms with Crippen molar-refractivity contribution in [2.75, 3.05) is 0 Å². The van der Waals surface area contributed by atoms with Gasteiger partial charge in [-0.25, -0.2) is 4.98 Å². The minimum absolute atomic E-state index is 0.182. The molecule has 7 aromatic carbocycles. The van der Waals surface area contributed by atoms with E-state index in [2.05, 4.69) is 140 Å². The second-order valence-corrected chi connectivity index (χ2v) is 14.4. The third kappa shape index (κ3) is 5.08. The van der Waals surface area contributed by atoms with Crippen LogP contribution in [0.25, 0.3) is 83.2 Å². The SMILES string of the molecule is CC(C)(c1ccccc1)c1cc(-c2cc3c(cn2)oc2c4ccccc4ccc32)cc(-c2cccc3c2nc(-c2ccccc2O)n3-c2ccccc2)c1. The summed E-state index contributed by atoms with van der Waals surface area (Å²) in [6, 6.07) is 56.2. The molecule has 0 radical (unpaired) electrons. The molecule has 3 heterocycles. The summed E-state index contributed by atoms with van der Waals surface area (Å²) in [5.74, 6) is 0.857. The van der Waals surface area contributed by atoms with Crippen molar-refractivity contribution in [3.8, 4) is 45.2 Å². The summed E-state index contributed by atoms with van der Waals surface area (Å²) in [5, 5.41) is 15.4. The van der Waals surface area contributed by atoms with Gasteiger partial charge in [0.05, 0.1) is 28.5 Å². The number of phenolic OH excluding ortho intramolecular Hbond substituents is 1. The van der Waals surface area contributed by atoms with Crippen LogP contribution in [0.2, 0.25) is 0 Å². The summed E-state index contributed by atoms with van der Waals surface area (Å²) >= 11 is 0. The number of pyridine rings is 1. The quantitative estimate of drug-likeness (QED) is 0.188. The molecule has 3 aromatic heterocycles. The van der Waals surface area contributed by atoms with Gasteiger partial charge in [-0.3, -0.25) is 9.55 Å². The zero-order chi connectivity index (χ0) is 36.4. The molecule has 0 unspecified atom stereocenters. The average Bonchev–Trinajstić information content (AvgIpc) is 3.80. The number of phenols is 1. The Balaban J connectivity index is 1.22. The Morgan fingerprint density at radius 3 is 2.15 bits per heavy atom. The van der Waals surface area contributed by atoms with Gasteiger partial charge in [0.1, 0.15) is 17.2 Å². The molecule has 5 heteroatoms. The van der Waals surface area contributed by atoms with Gasteiger partial charge >= 0.3 is 0 Å². The maximum atomic E-state index is 11.1. The normalized spacial score (nSPS) is 12.0. The molecule has 0 aliphatic rings. The largest absolute Gasteiger partial charge is 0.507 e. The Bertz CT molecular complexity index is 3030. The van der Waals surface area contributed by atoms with E-state index in [1.165, 1.54) is 5.56 Å². The summed E-state index contributed by atoms with van der Waals surface area (Å²) in [5.41, 5.74) is 11.0. The van der Waals surface area contributed by atoms with Crippen LogP contribution in [-0.4, -0.2) is 19.6 Å². The monoisotopic (exact) mass is 697 g/mol. The Morgan fingerprint density at radius 2 is 1.31 bits per heavy atom. The molecule has 0 bridgehead atoms. The van der Waals surface area contributed by atoms with Gasteiger partial charge in [0, 0.05) is 38.4 Å². The number of para-hydroxylation sites is 3. The number of rotatable bonds is 6. The van der Waals surface area contributed by atoms with Crippen molar-refractivity contribution in [3.05, 3.63) is 181 Å². The van der Waals surface area contributed by atoms with Crippen molar-refractivity contribution in [2.24, 2.45) is 0 Å². The molecule has 10 aromatic rings. The highest BCUT2D eigenvalue weighted by Crippen LogP contribution is 2.42. The number of nitrogens with zero attached hydrogens (tertiary/aromatic N) is 3. The lowest BCUT2D eigenvalue weighted by molar-refractivity contribution is 0.477. The van der Waals surface area contributed by atoms with Crippen LogP contribution in [0, 0.1) is 0 Å². The topological polar surface area (TPSA) is 64.1 Å². The number of hydrogen-bond donors (Lipinski definition) is 1. The molecule has 0 saturated carbocycles. The molecule has 0 atom stereocenters. The van der Waals surface area contributed by atoms with Crippen LogP contribution in [0.3, 0.4) is 0 Å². The fraction of sp³-hybridized carbons (Fsp3) is 0.0612. The maximum absolute atomic E-state index is 11.1. The third-order valence-corrected chi connectivity index (χ3v) is 10.9. The Labute approximate surface area is 312 Å². The van der Waals surface area contributed by atoms with E-state index in [0.29, 0.717) is 11.4 Å². The Morgan fingerprint density at radius 1 is 0.593 bits per heavy atom.